The number of rotatable bonds is 16. The second-order valence-corrected chi connectivity index (χ2v) is 7.33. The number of aryl methyl sites for hydroxylation is 2. The molecular formula is C21H38N2O3. The monoisotopic (exact) mass is 366 g/mol. The number of unbranched alkanes of at least 4 members (excludes halogenated alkanes) is 9. The molecule has 1 heterocycles. The molecule has 0 radical (unpaired) electrons. The van der Waals surface area contributed by atoms with E-state index in [2.05, 4.69) is 0 Å². The van der Waals surface area contributed by atoms with Gasteiger partial charge in [0, 0.05) is 25.5 Å². The van der Waals surface area contributed by atoms with E-state index >= 15 is 0 Å². The number of carboxylic acid groups (broad SMARTS) is 1. The maximum atomic E-state index is 11.9. The molecule has 0 saturated heterocycles. The Bertz CT molecular complexity index is 548. The van der Waals surface area contributed by atoms with Gasteiger partial charge in [-0.1, -0.05) is 64.7 Å². The van der Waals surface area contributed by atoms with Gasteiger partial charge in [-0.15, -0.1) is 0 Å². The Hall–Kier alpha value is -1.52. The van der Waals surface area contributed by atoms with Gasteiger partial charge in [-0.25, -0.2) is 4.79 Å². The lowest BCUT2D eigenvalue weighted by Gasteiger charge is -2.08. The minimum Gasteiger partial charge on any atom is -0.481 e. The summed E-state index contributed by atoms with van der Waals surface area (Å²) in [7, 11) is 0. The number of nitrogens with zero attached hydrogens (tertiary/aromatic N) is 2. The molecule has 0 aliphatic carbocycles. The van der Waals surface area contributed by atoms with Gasteiger partial charge in [0.15, 0.2) is 0 Å². The Morgan fingerprint density at radius 1 is 0.885 bits per heavy atom. The highest BCUT2D eigenvalue weighted by molar-refractivity contribution is 5.69. The van der Waals surface area contributed by atoms with E-state index in [0.29, 0.717) is 0 Å². The number of carbonyl (C=O) groups is 1. The molecule has 1 aromatic heterocycles. The molecule has 1 N–H and O–H groups in total. The van der Waals surface area contributed by atoms with E-state index in [-0.39, 0.29) is 11.6 Å². The standard InChI is InChI=1S/C21H38N2O3/c1-3-19(20(24)25)15-13-11-9-7-5-6-8-10-12-14-16-23-18-17-22(4-2)21(23)26/h17-19H,3-16H2,1-2H3,(H,24,25). The number of aromatic nitrogens is 2. The Labute approximate surface area is 158 Å². The third kappa shape index (κ3) is 8.72. The van der Waals surface area contributed by atoms with Gasteiger partial charge in [-0.3, -0.25) is 13.9 Å². The zero-order chi connectivity index (χ0) is 19.2. The Kier molecular flexibility index (Phi) is 11.8. The molecule has 0 aliphatic heterocycles. The van der Waals surface area contributed by atoms with E-state index < -0.39 is 5.97 Å². The largest absolute Gasteiger partial charge is 0.481 e. The second-order valence-electron chi connectivity index (χ2n) is 7.33. The molecule has 1 unspecified atom stereocenters. The number of hydrogen-bond donors (Lipinski definition) is 1. The molecule has 1 atom stereocenters. The van der Waals surface area contributed by atoms with Crippen LogP contribution in [0.5, 0.6) is 0 Å². The Balaban J connectivity index is 1.90. The van der Waals surface area contributed by atoms with Crippen molar-refractivity contribution in [2.24, 2.45) is 5.92 Å². The summed E-state index contributed by atoms with van der Waals surface area (Å²) in [6.07, 6.45) is 17.4. The number of aliphatic carboxylic acids is 1. The molecule has 0 saturated carbocycles. The van der Waals surface area contributed by atoms with Gasteiger partial charge >= 0.3 is 11.7 Å². The molecule has 5 nitrogen and oxygen atoms in total. The summed E-state index contributed by atoms with van der Waals surface area (Å²) < 4.78 is 3.56. The zero-order valence-corrected chi connectivity index (χ0v) is 16.8. The maximum absolute atomic E-state index is 11.9. The van der Waals surface area contributed by atoms with E-state index in [0.717, 1.165) is 45.2 Å². The molecule has 26 heavy (non-hydrogen) atoms. The molecule has 0 aromatic carbocycles. The molecule has 0 aliphatic rings. The maximum Gasteiger partial charge on any atom is 0.328 e. The van der Waals surface area contributed by atoms with Crippen molar-refractivity contribution in [3.63, 3.8) is 0 Å². The molecule has 0 bridgehead atoms. The predicted molar refractivity (Wildman–Crippen MR) is 107 cm³/mol. The minimum atomic E-state index is -0.639. The molecular weight excluding hydrogens is 328 g/mol. The van der Waals surface area contributed by atoms with Crippen molar-refractivity contribution in [1.82, 2.24) is 9.13 Å². The van der Waals surface area contributed by atoms with Gasteiger partial charge in [0.2, 0.25) is 0 Å². The number of imidazole rings is 1. The van der Waals surface area contributed by atoms with Crippen molar-refractivity contribution in [2.75, 3.05) is 0 Å². The third-order valence-electron chi connectivity index (χ3n) is 5.30. The summed E-state index contributed by atoms with van der Waals surface area (Å²) in [4.78, 5) is 22.8. The fourth-order valence-electron chi connectivity index (χ4n) is 3.45. The van der Waals surface area contributed by atoms with Crippen LogP contribution in [-0.4, -0.2) is 20.2 Å². The van der Waals surface area contributed by atoms with Gasteiger partial charge in [-0.2, -0.15) is 0 Å². The van der Waals surface area contributed by atoms with E-state index in [9.17, 15) is 9.59 Å². The van der Waals surface area contributed by atoms with E-state index in [4.69, 9.17) is 5.11 Å². The molecule has 150 valence electrons. The molecule has 1 rings (SSSR count). The highest BCUT2D eigenvalue weighted by atomic mass is 16.4. The van der Waals surface area contributed by atoms with Crippen LogP contribution in [0.2, 0.25) is 0 Å². The predicted octanol–water partition coefficient (Wildman–Crippen LogP) is 5.07. The van der Waals surface area contributed by atoms with Crippen molar-refractivity contribution in [2.45, 2.75) is 104 Å². The van der Waals surface area contributed by atoms with E-state index in [1.165, 1.54) is 44.9 Å². The lowest BCUT2D eigenvalue weighted by molar-refractivity contribution is -0.142. The van der Waals surface area contributed by atoms with Gasteiger partial charge in [0.25, 0.3) is 0 Å². The fourth-order valence-corrected chi connectivity index (χ4v) is 3.45. The van der Waals surface area contributed by atoms with Crippen LogP contribution in [-0.2, 0) is 17.9 Å². The number of hydrogen-bond acceptors (Lipinski definition) is 2. The van der Waals surface area contributed by atoms with Gasteiger partial charge in [-0.05, 0) is 26.2 Å². The van der Waals surface area contributed by atoms with Crippen molar-refractivity contribution < 1.29 is 9.90 Å². The Morgan fingerprint density at radius 3 is 1.85 bits per heavy atom. The second kappa shape index (κ2) is 13.7. The average molecular weight is 367 g/mol. The van der Waals surface area contributed by atoms with Crippen LogP contribution in [0.3, 0.4) is 0 Å². The van der Waals surface area contributed by atoms with Crippen molar-refractivity contribution >= 4 is 5.97 Å². The topological polar surface area (TPSA) is 64.2 Å². The quantitative estimate of drug-likeness (QED) is 0.415. The highest BCUT2D eigenvalue weighted by Crippen LogP contribution is 2.16. The third-order valence-corrected chi connectivity index (χ3v) is 5.30. The van der Waals surface area contributed by atoms with Crippen LogP contribution in [0.25, 0.3) is 0 Å². The zero-order valence-electron chi connectivity index (χ0n) is 16.8. The molecule has 1 aromatic rings. The normalized spacial score (nSPS) is 12.4. The van der Waals surface area contributed by atoms with Gasteiger partial charge < -0.3 is 5.11 Å². The molecule has 0 fully saturated rings. The smallest absolute Gasteiger partial charge is 0.328 e. The van der Waals surface area contributed by atoms with E-state index in [1.807, 2.05) is 30.8 Å². The average Bonchev–Trinajstić information content (AvgIpc) is 2.98. The van der Waals surface area contributed by atoms with Gasteiger partial charge in [0.1, 0.15) is 0 Å². The van der Waals surface area contributed by atoms with E-state index in [1.54, 1.807) is 4.57 Å². The summed E-state index contributed by atoms with van der Waals surface area (Å²) in [6.45, 7) is 5.52. The SMILES string of the molecule is CCC(CCCCCCCCCCCCn1ccn(CC)c1=O)C(=O)O. The fraction of sp³-hybridized carbons (Fsp3) is 0.810. The van der Waals surface area contributed by atoms with Gasteiger partial charge in [0.05, 0.1) is 5.92 Å². The van der Waals surface area contributed by atoms with Crippen LogP contribution >= 0.6 is 0 Å². The Morgan fingerprint density at radius 2 is 1.38 bits per heavy atom. The van der Waals surface area contributed by atoms with Crippen molar-refractivity contribution in [3.8, 4) is 0 Å². The highest BCUT2D eigenvalue weighted by Gasteiger charge is 2.13. The first-order valence-corrected chi connectivity index (χ1v) is 10.6. The lowest BCUT2D eigenvalue weighted by atomic mass is 9.98. The summed E-state index contributed by atoms with van der Waals surface area (Å²) in [5.41, 5.74) is 0.112. The number of carboxylic acids is 1. The molecule has 0 spiro atoms. The first-order valence-electron chi connectivity index (χ1n) is 10.6. The summed E-state index contributed by atoms with van der Waals surface area (Å²) >= 11 is 0. The summed E-state index contributed by atoms with van der Waals surface area (Å²) in [5.74, 6) is -0.785. The lowest BCUT2D eigenvalue weighted by Crippen LogP contribution is -2.23. The van der Waals surface area contributed by atoms with Crippen LogP contribution in [0.1, 0.15) is 90.9 Å². The summed E-state index contributed by atoms with van der Waals surface area (Å²) in [6, 6.07) is 0. The van der Waals surface area contributed by atoms with Crippen LogP contribution in [0.4, 0.5) is 0 Å². The van der Waals surface area contributed by atoms with Crippen LogP contribution in [0.15, 0.2) is 17.2 Å². The first-order chi connectivity index (χ1) is 12.6. The van der Waals surface area contributed by atoms with Crippen molar-refractivity contribution in [1.29, 1.82) is 0 Å². The van der Waals surface area contributed by atoms with Crippen LogP contribution in [0, 0.1) is 5.92 Å². The summed E-state index contributed by atoms with van der Waals surface area (Å²) in [5, 5.41) is 9.01. The van der Waals surface area contributed by atoms with Crippen molar-refractivity contribution in [3.05, 3.63) is 22.9 Å². The van der Waals surface area contributed by atoms with Crippen LogP contribution < -0.4 is 5.69 Å². The first kappa shape index (κ1) is 22.5. The molecule has 5 heteroatoms. The minimum absolute atomic E-state index is 0.112. The molecule has 0 amide bonds.